The molecule has 0 aliphatic carbocycles. The zero-order valence-electron chi connectivity index (χ0n) is 17.1. The van der Waals surface area contributed by atoms with Crippen LogP contribution in [-0.2, 0) is 11.2 Å². The highest BCUT2D eigenvalue weighted by Gasteiger charge is 2.29. The predicted molar refractivity (Wildman–Crippen MR) is 117 cm³/mol. The van der Waals surface area contributed by atoms with Crippen LogP contribution in [0.15, 0.2) is 42.5 Å². The Labute approximate surface area is 184 Å². The fraction of sp³-hybridized carbons (Fsp3) is 0.318. The van der Waals surface area contributed by atoms with Crippen LogP contribution in [0.5, 0.6) is 0 Å². The maximum absolute atomic E-state index is 13.3. The summed E-state index contributed by atoms with van der Waals surface area (Å²) in [5.74, 6) is -0.911. The quantitative estimate of drug-likeness (QED) is 0.593. The minimum absolute atomic E-state index is 0.150. The van der Waals surface area contributed by atoms with Gasteiger partial charge in [0.05, 0.1) is 0 Å². The van der Waals surface area contributed by atoms with Gasteiger partial charge in [0.25, 0.3) is 5.91 Å². The van der Waals surface area contributed by atoms with Gasteiger partial charge in [0, 0.05) is 38.0 Å². The lowest BCUT2D eigenvalue weighted by molar-refractivity contribution is -0.134. The second-order valence-electron chi connectivity index (χ2n) is 7.74. The number of rotatable bonds is 5. The third-order valence-electron chi connectivity index (χ3n) is 5.46. The van der Waals surface area contributed by atoms with E-state index in [4.69, 9.17) is 11.6 Å². The van der Waals surface area contributed by atoms with Gasteiger partial charge in [-0.05, 0) is 42.9 Å². The lowest BCUT2D eigenvalue weighted by Gasteiger charge is -2.34. The Morgan fingerprint density at radius 1 is 1.16 bits per heavy atom. The molecule has 3 heterocycles. The van der Waals surface area contributed by atoms with E-state index in [1.165, 1.54) is 12.1 Å². The summed E-state index contributed by atoms with van der Waals surface area (Å²) in [4.78, 5) is 37.2. The fourth-order valence-corrected chi connectivity index (χ4v) is 3.79. The van der Waals surface area contributed by atoms with Gasteiger partial charge in [0.15, 0.2) is 0 Å². The summed E-state index contributed by atoms with van der Waals surface area (Å²) in [6.07, 6.45) is 0.265. The second kappa shape index (κ2) is 9.03. The van der Waals surface area contributed by atoms with E-state index >= 15 is 0 Å². The zero-order valence-corrected chi connectivity index (χ0v) is 17.8. The number of carbonyl (C=O) groups excluding carboxylic acids is 2. The van der Waals surface area contributed by atoms with Crippen molar-refractivity contribution in [3.05, 3.63) is 64.7 Å². The number of likely N-dealkylation sites (N-methyl/N-ethyl adjacent to an activating group) is 1. The van der Waals surface area contributed by atoms with E-state index in [0.29, 0.717) is 29.6 Å². The number of nitrogens with zero attached hydrogens (tertiary/aromatic N) is 3. The average molecular weight is 444 g/mol. The molecule has 2 N–H and O–H groups in total. The predicted octanol–water partition coefficient (Wildman–Crippen LogP) is 2.47. The maximum Gasteiger partial charge on any atom is 0.268 e. The maximum atomic E-state index is 13.3. The summed E-state index contributed by atoms with van der Waals surface area (Å²) in [6, 6.07) is 10.3. The largest absolute Gasteiger partial charge is 0.339 e. The smallest absolute Gasteiger partial charge is 0.268 e. The summed E-state index contributed by atoms with van der Waals surface area (Å²) in [6.45, 7) is 2.74. The summed E-state index contributed by atoms with van der Waals surface area (Å²) in [5.41, 5.74) is 1.55. The first-order valence-corrected chi connectivity index (χ1v) is 10.4. The van der Waals surface area contributed by atoms with Crippen molar-refractivity contribution in [3.63, 3.8) is 0 Å². The molecule has 162 valence electrons. The van der Waals surface area contributed by atoms with Gasteiger partial charge in [-0.15, -0.1) is 0 Å². The number of benzene rings is 1. The van der Waals surface area contributed by atoms with Crippen molar-refractivity contribution in [3.8, 4) is 0 Å². The number of H-pyrrole nitrogens is 1. The van der Waals surface area contributed by atoms with Gasteiger partial charge in [-0.2, -0.15) is 0 Å². The summed E-state index contributed by atoms with van der Waals surface area (Å²) in [7, 11) is 2.01. The van der Waals surface area contributed by atoms with E-state index in [0.717, 1.165) is 24.0 Å². The summed E-state index contributed by atoms with van der Waals surface area (Å²) in [5, 5.41) is 3.92. The molecule has 1 saturated heterocycles. The number of carbonyl (C=O) groups is 2. The van der Waals surface area contributed by atoms with Crippen molar-refractivity contribution in [2.24, 2.45) is 0 Å². The lowest BCUT2D eigenvalue weighted by atomic mass is 10.0. The normalized spacial score (nSPS) is 15.8. The third-order valence-corrected chi connectivity index (χ3v) is 5.67. The highest BCUT2D eigenvalue weighted by atomic mass is 35.5. The number of aromatic amines is 1. The molecule has 0 unspecified atom stereocenters. The van der Waals surface area contributed by atoms with Gasteiger partial charge >= 0.3 is 0 Å². The molecule has 3 aromatic rings. The van der Waals surface area contributed by atoms with Crippen molar-refractivity contribution in [1.29, 1.82) is 0 Å². The molecule has 1 atom stereocenters. The van der Waals surface area contributed by atoms with Gasteiger partial charge < -0.3 is 20.1 Å². The number of hydrogen-bond donors (Lipinski definition) is 2. The number of piperazine rings is 1. The fourth-order valence-electron chi connectivity index (χ4n) is 3.64. The van der Waals surface area contributed by atoms with Gasteiger partial charge in [-0.25, -0.2) is 9.37 Å². The zero-order chi connectivity index (χ0) is 22.0. The molecule has 2 aromatic heterocycles. The van der Waals surface area contributed by atoms with Crippen molar-refractivity contribution < 1.29 is 14.0 Å². The van der Waals surface area contributed by atoms with Crippen LogP contribution in [0, 0.1) is 5.82 Å². The second-order valence-corrected chi connectivity index (χ2v) is 8.13. The SMILES string of the molecule is CN1CCN(C(=O)[C@H](Cc2ccc(F)cc2)NC(=O)c2cc3ccc(Cl)nc3[nH]2)CC1. The molecule has 0 spiro atoms. The molecule has 7 nitrogen and oxygen atoms in total. The van der Waals surface area contributed by atoms with Gasteiger partial charge in [-0.3, -0.25) is 9.59 Å². The Bertz CT molecular complexity index is 1090. The van der Waals surface area contributed by atoms with Crippen LogP contribution in [0.4, 0.5) is 4.39 Å². The Morgan fingerprint density at radius 2 is 1.87 bits per heavy atom. The van der Waals surface area contributed by atoms with Gasteiger partial charge in [-0.1, -0.05) is 23.7 Å². The standard InChI is InChI=1S/C22H23ClFN5O2/c1-28-8-10-29(11-9-28)22(31)18(12-14-2-5-16(24)6-3-14)26-21(30)17-13-15-4-7-19(23)27-20(15)25-17/h2-7,13,18H,8-12H2,1H3,(H,25,27)(H,26,30)/t18-/m0/s1. The van der Waals surface area contributed by atoms with E-state index in [2.05, 4.69) is 20.2 Å². The first kappa shape index (κ1) is 21.3. The van der Waals surface area contributed by atoms with E-state index < -0.39 is 11.9 Å². The van der Waals surface area contributed by atoms with Crippen molar-refractivity contribution in [1.82, 2.24) is 25.1 Å². The molecular weight excluding hydrogens is 421 g/mol. The average Bonchev–Trinajstić information content (AvgIpc) is 3.18. The minimum atomic E-state index is -0.774. The number of pyridine rings is 1. The molecule has 2 amide bonds. The molecule has 9 heteroatoms. The van der Waals surface area contributed by atoms with Crippen LogP contribution in [0.2, 0.25) is 5.15 Å². The molecule has 0 bridgehead atoms. The summed E-state index contributed by atoms with van der Waals surface area (Å²) >= 11 is 5.92. The van der Waals surface area contributed by atoms with Crippen LogP contribution in [0.1, 0.15) is 16.1 Å². The Morgan fingerprint density at radius 3 is 2.58 bits per heavy atom. The third kappa shape index (κ3) is 5.03. The van der Waals surface area contributed by atoms with Gasteiger partial charge in [0.2, 0.25) is 5.91 Å². The number of fused-ring (bicyclic) bond motifs is 1. The lowest BCUT2D eigenvalue weighted by Crippen LogP contribution is -2.55. The highest BCUT2D eigenvalue weighted by molar-refractivity contribution is 6.29. The Balaban J connectivity index is 1.55. The van der Waals surface area contributed by atoms with Crippen molar-refractivity contribution >= 4 is 34.4 Å². The number of halogens is 2. The monoisotopic (exact) mass is 443 g/mol. The van der Waals surface area contributed by atoms with Crippen LogP contribution in [-0.4, -0.2) is 70.9 Å². The van der Waals surface area contributed by atoms with E-state index in [1.807, 2.05) is 7.05 Å². The van der Waals surface area contributed by atoms with Crippen molar-refractivity contribution in [2.45, 2.75) is 12.5 Å². The van der Waals surface area contributed by atoms with Crippen LogP contribution in [0.3, 0.4) is 0 Å². The molecular formula is C22H23ClFN5O2. The molecule has 0 saturated carbocycles. The molecule has 1 aromatic carbocycles. The Hall–Kier alpha value is -2.97. The topological polar surface area (TPSA) is 81.3 Å². The van der Waals surface area contributed by atoms with Gasteiger partial charge in [0.1, 0.15) is 28.4 Å². The van der Waals surface area contributed by atoms with Crippen LogP contribution < -0.4 is 5.32 Å². The number of aromatic nitrogens is 2. The first-order valence-electron chi connectivity index (χ1n) is 10.1. The Kier molecular flexibility index (Phi) is 6.20. The number of hydrogen-bond acceptors (Lipinski definition) is 4. The number of nitrogens with one attached hydrogen (secondary N) is 2. The summed E-state index contributed by atoms with van der Waals surface area (Å²) < 4.78 is 13.3. The molecule has 4 rings (SSSR count). The highest BCUT2D eigenvalue weighted by Crippen LogP contribution is 2.17. The number of amides is 2. The molecule has 1 aliphatic rings. The van der Waals surface area contributed by atoms with Crippen LogP contribution in [0.25, 0.3) is 11.0 Å². The van der Waals surface area contributed by atoms with Crippen molar-refractivity contribution in [2.75, 3.05) is 33.2 Å². The molecule has 1 fully saturated rings. The minimum Gasteiger partial charge on any atom is -0.339 e. The van der Waals surface area contributed by atoms with E-state index in [1.54, 1.807) is 35.2 Å². The van der Waals surface area contributed by atoms with E-state index in [9.17, 15) is 14.0 Å². The molecule has 31 heavy (non-hydrogen) atoms. The van der Waals surface area contributed by atoms with Crippen LogP contribution >= 0.6 is 11.6 Å². The molecule has 0 radical (unpaired) electrons. The molecule has 1 aliphatic heterocycles. The first-order chi connectivity index (χ1) is 14.9. The van der Waals surface area contributed by atoms with E-state index in [-0.39, 0.29) is 18.1 Å².